The van der Waals surface area contributed by atoms with Crippen LogP contribution in [0.15, 0.2) is 48.8 Å². The smallest absolute Gasteiger partial charge is 0.412 e. The van der Waals surface area contributed by atoms with Gasteiger partial charge < -0.3 is 10.1 Å². The molecule has 31 heavy (non-hydrogen) atoms. The normalized spacial score (nSPS) is 11.4. The summed E-state index contributed by atoms with van der Waals surface area (Å²) in [6, 6.07) is 11.1. The molecule has 1 aromatic carbocycles. The van der Waals surface area contributed by atoms with Crippen molar-refractivity contribution < 1.29 is 9.53 Å². The second-order valence-corrected chi connectivity index (χ2v) is 8.23. The Bertz CT molecular complexity index is 1110. The van der Waals surface area contributed by atoms with Gasteiger partial charge in [0.05, 0.1) is 17.6 Å². The molecule has 3 aromatic rings. The Kier molecular flexibility index (Phi) is 7.09. The topological polar surface area (TPSA) is 89.0 Å². The minimum Gasteiger partial charge on any atom is -0.444 e. The second kappa shape index (κ2) is 9.76. The van der Waals surface area contributed by atoms with Crippen LogP contribution < -0.4 is 10.6 Å². The molecule has 0 spiro atoms. The van der Waals surface area contributed by atoms with Crippen LogP contribution in [-0.2, 0) is 4.74 Å². The van der Waals surface area contributed by atoms with Crippen molar-refractivity contribution in [3.05, 3.63) is 70.4 Å². The van der Waals surface area contributed by atoms with Crippen LogP contribution in [0, 0.1) is 0 Å². The number of pyridine rings is 1. The molecule has 0 radical (unpaired) electrons. The van der Waals surface area contributed by atoms with Gasteiger partial charge in [-0.05, 0) is 68.3 Å². The fraction of sp³-hybridized carbons (Fsp3) is 0.182. The number of nitrogens with zero attached hydrogens (tertiary/aromatic N) is 3. The lowest BCUT2D eigenvalue weighted by atomic mass is 10.1. The van der Waals surface area contributed by atoms with E-state index in [2.05, 4.69) is 25.6 Å². The zero-order valence-electron chi connectivity index (χ0n) is 17.2. The molecule has 0 saturated carbocycles. The van der Waals surface area contributed by atoms with Crippen molar-refractivity contribution >= 4 is 58.6 Å². The maximum absolute atomic E-state index is 12.1. The van der Waals surface area contributed by atoms with Gasteiger partial charge in [-0.25, -0.2) is 9.78 Å². The zero-order valence-corrected chi connectivity index (χ0v) is 18.7. The number of ether oxygens (including phenoxy) is 1. The monoisotopic (exact) mass is 457 g/mol. The number of halogens is 2. The molecule has 1 amide bonds. The largest absolute Gasteiger partial charge is 0.444 e. The molecular formula is C22H21Cl2N5O2. The first-order valence-electron chi connectivity index (χ1n) is 9.38. The summed E-state index contributed by atoms with van der Waals surface area (Å²) in [5.74, 6) is 0.413. The number of amides is 1. The van der Waals surface area contributed by atoms with Gasteiger partial charge in [0, 0.05) is 11.9 Å². The molecule has 0 atom stereocenters. The lowest BCUT2D eigenvalue weighted by molar-refractivity contribution is 0.0636. The number of carbonyl (C=O) groups excluding carboxylic acids is 1. The standard InChI is InChI=1S/C22H21Cl2N5O2/c1-22(2,3)31-21(30)28-18-8-5-11-25-17(18)10-9-14-6-4-7-15(12-14)27-19-16(23)13-26-20(24)29-19/h4-13H,1-3H3,(H,28,30)(H,26,27,29). The Morgan fingerprint density at radius 1 is 1.10 bits per heavy atom. The first-order chi connectivity index (χ1) is 14.7. The van der Waals surface area contributed by atoms with E-state index in [1.807, 2.05) is 30.3 Å². The highest BCUT2D eigenvalue weighted by atomic mass is 35.5. The molecule has 7 nitrogen and oxygen atoms in total. The summed E-state index contributed by atoms with van der Waals surface area (Å²) in [6.45, 7) is 5.42. The van der Waals surface area contributed by atoms with Gasteiger partial charge in [-0.1, -0.05) is 29.8 Å². The maximum atomic E-state index is 12.1. The molecule has 0 saturated heterocycles. The van der Waals surface area contributed by atoms with E-state index in [4.69, 9.17) is 27.9 Å². The second-order valence-electron chi connectivity index (χ2n) is 7.48. The molecule has 160 valence electrons. The van der Waals surface area contributed by atoms with E-state index in [1.54, 1.807) is 45.2 Å². The van der Waals surface area contributed by atoms with Gasteiger partial charge in [-0.15, -0.1) is 0 Å². The lowest BCUT2D eigenvalue weighted by Crippen LogP contribution is -2.27. The molecule has 3 rings (SSSR count). The lowest BCUT2D eigenvalue weighted by Gasteiger charge is -2.20. The average molecular weight is 458 g/mol. The third kappa shape index (κ3) is 6.94. The molecule has 2 heterocycles. The van der Waals surface area contributed by atoms with Crippen LogP contribution in [0.3, 0.4) is 0 Å². The van der Waals surface area contributed by atoms with Gasteiger partial charge in [0.2, 0.25) is 5.28 Å². The van der Waals surface area contributed by atoms with E-state index in [1.165, 1.54) is 6.20 Å². The van der Waals surface area contributed by atoms with E-state index >= 15 is 0 Å². The Hall–Kier alpha value is -3.16. The molecule has 2 N–H and O–H groups in total. The van der Waals surface area contributed by atoms with E-state index < -0.39 is 11.7 Å². The fourth-order valence-corrected chi connectivity index (χ4v) is 2.81. The van der Waals surface area contributed by atoms with Crippen LogP contribution in [0.25, 0.3) is 12.2 Å². The highest BCUT2D eigenvalue weighted by Crippen LogP contribution is 2.25. The van der Waals surface area contributed by atoms with E-state index in [0.717, 1.165) is 11.3 Å². The molecule has 0 unspecified atom stereocenters. The number of aromatic nitrogens is 3. The highest BCUT2D eigenvalue weighted by molar-refractivity contribution is 6.33. The van der Waals surface area contributed by atoms with Gasteiger partial charge in [0.25, 0.3) is 0 Å². The first-order valence-corrected chi connectivity index (χ1v) is 10.1. The van der Waals surface area contributed by atoms with Gasteiger partial charge >= 0.3 is 6.09 Å². The Morgan fingerprint density at radius 2 is 1.90 bits per heavy atom. The van der Waals surface area contributed by atoms with E-state index in [0.29, 0.717) is 22.2 Å². The summed E-state index contributed by atoms with van der Waals surface area (Å²) >= 11 is 12.0. The summed E-state index contributed by atoms with van der Waals surface area (Å²) in [5.41, 5.74) is 2.22. The molecule has 0 fully saturated rings. The number of nitrogens with one attached hydrogen (secondary N) is 2. The summed E-state index contributed by atoms with van der Waals surface area (Å²) in [4.78, 5) is 24.4. The van der Waals surface area contributed by atoms with Crippen LogP contribution in [0.4, 0.5) is 22.0 Å². The molecular weight excluding hydrogens is 437 g/mol. The quantitative estimate of drug-likeness (QED) is 0.428. The third-order valence-electron chi connectivity index (χ3n) is 3.77. The van der Waals surface area contributed by atoms with Gasteiger partial charge in [-0.2, -0.15) is 4.98 Å². The minimum absolute atomic E-state index is 0.100. The third-order valence-corrected chi connectivity index (χ3v) is 4.23. The van der Waals surface area contributed by atoms with Crippen molar-refractivity contribution in [2.45, 2.75) is 26.4 Å². The number of hydrogen-bond donors (Lipinski definition) is 2. The highest BCUT2D eigenvalue weighted by Gasteiger charge is 2.17. The SMILES string of the molecule is CC(C)(C)OC(=O)Nc1cccnc1C=Cc1cccc(Nc2nc(Cl)ncc2Cl)c1. The van der Waals surface area contributed by atoms with Crippen LogP contribution in [0.5, 0.6) is 0 Å². The molecule has 0 aliphatic carbocycles. The minimum atomic E-state index is -0.591. The number of hydrogen-bond acceptors (Lipinski definition) is 6. The predicted octanol–water partition coefficient (Wildman–Crippen LogP) is 6.44. The number of carbonyl (C=O) groups is 1. The van der Waals surface area contributed by atoms with Gasteiger partial charge in [0.15, 0.2) is 5.82 Å². The molecule has 0 bridgehead atoms. The van der Waals surface area contributed by atoms with E-state index in [9.17, 15) is 4.79 Å². The van der Waals surface area contributed by atoms with Crippen molar-refractivity contribution in [1.29, 1.82) is 0 Å². The first kappa shape index (κ1) is 22.5. The Labute approximate surface area is 190 Å². The van der Waals surface area contributed by atoms with Crippen molar-refractivity contribution in [2.75, 3.05) is 10.6 Å². The van der Waals surface area contributed by atoms with Crippen molar-refractivity contribution in [3.8, 4) is 0 Å². The Balaban J connectivity index is 1.76. The number of anilines is 3. The summed E-state index contributed by atoms with van der Waals surface area (Å²) < 4.78 is 5.31. The Morgan fingerprint density at radius 3 is 2.68 bits per heavy atom. The van der Waals surface area contributed by atoms with E-state index in [-0.39, 0.29) is 5.28 Å². The van der Waals surface area contributed by atoms with Gasteiger partial charge in [0.1, 0.15) is 10.6 Å². The summed E-state index contributed by atoms with van der Waals surface area (Å²) in [5, 5.41) is 6.31. The maximum Gasteiger partial charge on any atom is 0.412 e. The van der Waals surface area contributed by atoms with Crippen LogP contribution in [0.1, 0.15) is 32.0 Å². The van der Waals surface area contributed by atoms with Gasteiger partial charge in [-0.3, -0.25) is 10.3 Å². The molecule has 0 aliphatic heterocycles. The molecule has 0 aliphatic rings. The number of benzene rings is 1. The zero-order chi connectivity index (χ0) is 22.4. The van der Waals surface area contributed by atoms with Crippen LogP contribution >= 0.6 is 23.2 Å². The molecule has 9 heteroatoms. The summed E-state index contributed by atoms with van der Waals surface area (Å²) in [7, 11) is 0. The summed E-state index contributed by atoms with van der Waals surface area (Å²) in [6.07, 6.45) is 6.23. The van der Waals surface area contributed by atoms with Crippen molar-refractivity contribution in [3.63, 3.8) is 0 Å². The predicted molar refractivity (Wildman–Crippen MR) is 125 cm³/mol. The van der Waals surface area contributed by atoms with Crippen LogP contribution in [-0.4, -0.2) is 26.6 Å². The van der Waals surface area contributed by atoms with Crippen molar-refractivity contribution in [1.82, 2.24) is 15.0 Å². The number of rotatable bonds is 5. The van der Waals surface area contributed by atoms with Crippen molar-refractivity contribution in [2.24, 2.45) is 0 Å². The average Bonchev–Trinajstić information content (AvgIpc) is 2.69. The molecule has 2 aromatic heterocycles. The fourth-order valence-electron chi connectivity index (χ4n) is 2.53. The van der Waals surface area contributed by atoms with Crippen LogP contribution in [0.2, 0.25) is 10.3 Å².